The molecule has 2 aromatic rings. The molecule has 1 aliphatic rings. The van der Waals surface area contributed by atoms with Crippen molar-refractivity contribution in [1.82, 2.24) is 0 Å². The molecule has 8 heteroatoms. The van der Waals surface area contributed by atoms with Gasteiger partial charge in [0, 0.05) is 11.4 Å². The van der Waals surface area contributed by atoms with E-state index in [0.29, 0.717) is 16.1 Å². The van der Waals surface area contributed by atoms with Crippen LogP contribution in [0.1, 0.15) is 16.7 Å². The van der Waals surface area contributed by atoms with E-state index in [-0.39, 0.29) is 23.0 Å². The highest BCUT2D eigenvalue weighted by Gasteiger charge is 2.29. The molecule has 23 heavy (non-hydrogen) atoms. The molecule has 2 aromatic carbocycles. The van der Waals surface area contributed by atoms with Crippen LogP contribution in [0.15, 0.2) is 39.6 Å². The molecular weight excluding hydrogens is 341 g/mol. The van der Waals surface area contributed by atoms with Crippen molar-refractivity contribution in [2.24, 2.45) is 10.1 Å². The Balaban J connectivity index is 2.23. The highest BCUT2D eigenvalue weighted by Crippen LogP contribution is 2.36. The Morgan fingerprint density at radius 2 is 2.04 bits per heavy atom. The number of anilines is 1. The molecule has 3 rings (SSSR count). The molecule has 0 saturated heterocycles. The molecule has 1 aliphatic heterocycles. The molecule has 0 aliphatic carbocycles. The van der Waals surface area contributed by atoms with Crippen LogP contribution >= 0.6 is 11.6 Å². The van der Waals surface area contributed by atoms with Crippen molar-refractivity contribution < 1.29 is 12.8 Å². The van der Waals surface area contributed by atoms with Crippen molar-refractivity contribution in [3.05, 3.63) is 57.9 Å². The number of hydrogen-bond acceptors (Lipinski definition) is 4. The van der Waals surface area contributed by atoms with Gasteiger partial charge in [-0.2, -0.15) is 8.42 Å². The maximum absolute atomic E-state index is 14.2. The topological polar surface area (TPSA) is 84.5 Å². The summed E-state index contributed by atoms with van der Waals surface area (Å²) >= 11 is 6.15. The summed E-state index contributed by atoms with van der Waals surface area (Å²) in [5, 5.41) is 3.25. The SMILES string of the molecule is Cc1c(F)cc2c(c1Cc1ccccc1Cl)NC(N)=NS2(=O)=O. The molecule has 1 heterocycles. The molecule has 5 nitrogen and oxygen atoms in total. The van der Waals surface area contributed by atoms with Crippen molar-refractivity contribution >= 4 is 33.3 Å². The Kier molecular flexibility index (Phi) is 3.77. The average Bonchev–Trinajstić information content (AvgIpc) is 2.46. The van der Waals surface area contributed by atoms with E-state index in [4.69, 9.17) is 17.3 Å². The van der Waals surface area contributed by atoms with Gasteiger partial charge in [-0.3, -0.25) is 0 Å². The van der Waals surface area contributed by atoms with Gasteiger partial charge < -0.3 is 11.1 Å². The summed E-state index contributed by atoms with van der Waals surface area (Å²) in [6, 6.07) is 8.07. The van der Waals surface area contributed by atoms with E-state index in [1.54, 1.807) is 25.1 Å². The highest BCUT2D eigenvalue weighted by molar-refractivity contribution is 7.90. The van der Waals surface area contributed by atoms with Crippen LogP contribution in [0.4, 0.5) is 10.1 Å². The quantitative estimate of drug-likeness (QED) is 0.869. The first-order chi connectivity index (χ1) is 10.8. The predicted molar refractivity (Wildman–Crippen MR) is 87.8 cm³/mol. The Morgan fingerprint density at radius 3 is 2.74 bits per heavy atom. The lowest BCUT2D eigenvalue weighted by Gasteiger charge is -2.21. The van der Waals surface area contributed by atoms with E-state index in [0.717, 1.165) is 11.6 Å². The number of nitrogens with zero attached hydrogens (tertiary/aromatic N) is 1. The fourth-order valence-electron chi connectivity index (χ4n) is 2.50. The number of fused-ring (bicyclic) bond motifs is 1. The van der Waals surface area contributed by atoms with Gasteiger partial charge in [0.05, 0.1) is 5.69 Å². The van der Waals surface area contributed by atoms with Crippen LogP contribution in [-0.4, -0.2) is 14.4 Å². The lowest BCUT2D eigenvalue weighted by molar-refractivity contribution is 0.589. The normalized spacial score (nSPS) is 15.5. The van der Waals surface area contributed by atoms with Gasteiger partial charge >= 0.3 is 0 Å². The second-order valence-electron chi connectivity index (χ2n) is 5.18. The second-order valence-corrected chi connectivity index (χ2v) is 7.16. The Morgan fingerprint density at radius 1 is 1.35 bits per heavy atom. The number of halogens is 2. The number of benzene rings is 2. The summed E-state index contributed by atoms with van der Waals surface area (Å²) in [7, 11) is -4.03. The van der Waals surface area contributed by atoms with E-state index in [9.17, 15) is 12.8 Å². The molecule has 0 unspecified atom stereocenters. The van der Waals surface area contributed by atoms with Gasteiger partial charge in [0.15, 0.2) is 0 Å². The second kappa shape index (κ2) is 5.50. The lowest BCUT2D eigenvalue weighted by atomic mass is 9.98. The standard InChI is InChI=1S/C15H13ClFN3O2S/c1-8-10(6-9-4-2-3-5-11(9)16)14-13(7-12(8)17)23(21,22)20-15(18)19-14/h2-5,7H,6H2,1H3,(H3,18,19,20). The first-order valence-electron chi connectivity index (χ1n) is 6.72. The fourth-order valence-corrected chi connectivity index (χ4v) is 3.79. The minimum Gasteiger partial charge on any atom is -0.369 e. The molecule has 0 aromatic heterocycles. The first-order valence-corrected chi connectivity index (χ1v) is 8.54. The predicted octanol–water partition coefficient (Wildman–Crippen LogP) is 2.81. The molecule has 120 valence electrons. The third-order valence-corrected chi connectivity index (χ3v) is 5.38. The molecule has 0 fully saturated rings. The minimum atomic E-state index is -4.03. The van der Waals surface area contributed by atoms with E-state index >= 15 is 0 Å². The molecule has 0 spiro atoms. The fraction of sp³-hybridized carbons (Fsp3) is 0.133. The number of nitrogens with one attached hydrogen (secondary N) is 1. The summed E-state index contributed by atoms with van der Waals surface area (Å²) in [5.74, 6) is -0.865. The van der Waals surface area contributed by atoms with Gasteiger partial charge in [0.2, 0.25) is 5.96 Å². The summed E-state index contributed by atoms with van der Waals surface area (Å²) < 4.78 is 41.8. The van der Waals surface area contributed by atoms with Crippen molar-refractivity contribution in [3.63, 3.8) is 0 Å². The van der Waals surface area contributed by atoms with Gasteiger partial charge in [-0.25, -0.2) is 4.39 Å². The highest BCUT2D eigenvalue weighted by atomic mass is 35.5. The zero-order valence-electron chi connectivity index (χ0n) is 12.1. The van der Waals surface area contributed by atoms with Gasteiger partial charge in [-0.05, 0) is 35.7 Å². The number of guanidine groups is 1. The lowest BCUT2D eigenvalue weighted by Crippen LogP contribution is -2.30. The smallest absolute Gasteiger partial charge is 0.287 e. The van der Waals surface area contributed by atoms with Crippen LogP contribution in [0.2, 0.25) is 5.02 Å². The minimum absolute atomic E-state index is 0.225. The molecule has 0 saturated carbocycles. The summed E-state index contributed by atoms with van der Waals surface area (Å²) in [6.07, 6.45) is 0.265. The molecular formula is C15H13ClFN3O2S. The monoisotopic (exact) mass is 353 g/mol. The molecule has 0 atom stereocenters. The van der Waals surface area contributed by atoms with E-state index < -0.39 is 15.8 Å². The van der Waals surface area contributed by atoms with E-state index in [2.05, 4.69) is 9.71 Å². The Bertz CT molecular complexity index is 942. The van der Waals surface area contributed by atoms with Crippen LogP contribution in [0, 0.1) is 12.7 Å². The summed E-state index contributed by atoms with van der Waals surface area (Å²) in [4.78, 5) is -0.225. The first kappa shape index (κ1) is 15.8. The maximum Gasteiger partial charge on any atom is 0.287 e. The molecule has 0 radical (unpaired) electrons. The Hall–Kier alpha value is -2.12. The number of hydrogen-bond donors (Lipinski definition) is 2. The van der Waals surface area contributed by atoms with Gasteiger partial charge in [0.1, 0.15) is 10.7 Å². The number of sulfonamides is 1. The van der Waals surface area contributed by atoms with Crippen molar-refractivity contribution in [2.75, 3.05) is 5.32 Å². The number of rotatable bonds is 2. The third-order valence-electron chi connectivity index (χ3n) is 3.69. The largest absolute Gasteiger partial charge is 0.369 e. The van der Waals surface area contributed by atoms with Crippen LogP contribution in [0.25, 0.3) is 0 Å². The van der Waals surface area contributed by atoms with Crippen LogP contribution in [-0.2, 0) is 16.4 Å². The van der Waals surface area contributed by atoms with Gasteiger partial charge in [-0.15, -0.1) is 4.40 Å². The van der Waals surface area contributed by atoms with Crippen LogP contribution in [0.5, 0.6) is 0 Å². The van der Waals surface area contributed by atoms with Gasteiger partial charge in [0.25, 0.3) is 10.0 Å². The molecule has 0 bridgehead atoms. The number of nitrogens with two attached hydrogens (primary N) is 1. The van der Waals surface area contributed by atoms with Crippen molar-refractivity contribution in [2.45, 2.75) is 18.2 Å². The van der Waals surface area contributed by atoms with E-state index in [1.165, 1.54) is 0 Å². The van der Waals surface area contributed by atoms with E-state index in [1.807, 2.05) is 6.07 Å². The van der Waals surface area contributed by atoms with Crippen molar-refractivity contribution in [1.29, 1.82) is 0 Å². The van der Waals surface area contributed by atoms with Crippen LogP contribution in [0.3, 0.4) is 0 Å². The third kappa shape index (κ3) is 2.77. The van der Waals surface area contributed by atoms with Crippen molar-refractivity contribution in [3.8, 4) is 0 Å². The summed E-state index contributed by atoms with van der Waals surface area (Å²) in [6.45, 7) is 1.58. The van der Waals surface area contributed by atoms with Crippen LogP contribution < -0.4 is 11.1 Å². The molecule has 3 N–H and O–H groups in total. The Labute approximate surface area is 138 Å². The maximum atomic E-state index is 14.2. The summed E-state index contributed by atoms with van der Waals surface area (Å²) in [5.41, 5.74) is 7.36. The zero-order chi connectivity index (χ0) is 16.8. The zero-order valence-corrected chi connectivity index (χ0v) is 13.7. The van der Waals surface area contributed by atoms with Gasteiger partial charge in [-0.1, -0.05) is 29.8 Å². The average molecular weight is 354 g/mol. The molecule has 0 amide bonds.